The number of aliphatic hydroxyl groups is 1. The van der Waals surface area contributed by atoms with E-state index in [2.05, 4.69) is 5.92 Å². The van der Waals surface area contributed by atoms with E-state index in [1.54, 1.807) is 12.1 Å². The average molecular weight is 587 g/mol. The Labute approximate surface area is 233 Å². The first-order valence-corrected chi connectivity index (χ1v) is 13.5. The predicted octanol–water partition coefficient (Wildman–Crippen LogP) is 8.11. The average Bonchev–Trinajstić information content (AvgIpc) is 3.32. The Kier molecular flexibility index (Phi) is 8.70. The number of thiocarbonyl (C=S) groups is 1. The number of benzene rings is 2. The van der Waals surface area contributed by atoms with Gasteiger partial charge < -0.3 is 9.84 Å². The lowest BCUT2D eigenvalue weighted by atomic mass is 9.65. The molecule has 10 heteroatoms. The molecule has 0 aromatic heterocycles. The molecule has 0 spiro atoms. The second-order valence-corrected chi connectivity index (χ2v) is 11.2. The largest absolute Gasteiger partial charge is 0.416 e. The van der Waals surface area contributed by atoms with Gasteiger partial charge in [0.1, 0.15) is 5.82 Å². The quantitative estimate of drug-likeness (QED) is 0.211. The summed E-state index contributed by atoms with van der Waals surface area (Å²) >= 11 is 5.50. The molecule has 1 N–H and O–H groups in total. The van der Waals surface area contributed by atoms with E-state index in [1.807, 2.05) is 6.92 Å². The van der Waals surface area contributed by atoms with Crippen LogP contribution in [0.4, 0.5) is 30.7 Å². The smallest absolute Gasteiger partial charge is 0.373 e. The molecule has 2 aromatic rings. The summed E-state index contributed by atoms with van der Waals surface area (Å²) in [4.78, 5) is 0.433. The molecule has 0 heterocycles. The van der Waals surface area contributed by atoms with Crippen LogP contribution in [0.3, 0.4) is 0 Å². The van der Waals surface area contributed by atoms with Crippen LogP contribution >= 0.6 is 12.2 Å². The van der Waals surface area contributed by atoms with Crippen LogP contribution in [0.25, 0.3) is 0 Å². The van der Waals surface area contributed by atoms with Crippen LogP contribution in [0.1, 0.15) is 67.2 Å². The highest BCUT2D eigenvalue weighted by Gasteiger charge is 2.49. The third kappa shape index (κ3) is 6.37. The van der Waals surface area contributed by atoms with Crippen LogP contribution in [0.5, 0.6) is 0 Å². The van der Waals surface area contributed by atoms with E-state index in [-0.39, 0.29) is 41.7 Å². The van der Waals surface area contributed by atoms with Gasteiger partial charge in [-0.25, -0.2) is 4.39 Å². The topological polar surface area (TPSA) is 29.5 Å². The minimum atomic E-state index is -4.96. The highest BCUT2D eigenvalue weighted by molar-refractivity contribution is 7.80. The third-order valence-electron chi connectivity index (χ3n) is 8.27. The van der Waals surface area contributed by atoms with Gasteiger partial charge in [-0.05, 0) is 91.3 Å². The van der Waals surface area contributed by atoms with Gasteiger partial charge in [-0.3, -0.25) is 0 Å². The highest BCUT2D eigenvalue weighted by atomic mass is 32.1. The first kappa shape index (κ1) is 30.5. The zero-order valence-electron chi connectivity index (χ0n) is 21.7. The van der Waals surface area contributed by atoms with E-state index in [1.165, 1.54) is 12.1 Å². The number of halogens is 7. The van der Waals surface area contributed by atoms with E-state index < -0.39 is 47.6 Å². The van der Waals surface area contributed by atoms with Crippen molar-refractivity contribution in [3.8, 4) is 12.3 Å². The molecule has 216 valence electrons. The Morgan fingerprint density at radius 3 is 2.15 bits per heavy atom. The Bertz CT molecular complexity index is 1230. The van der Waals surface area contributed by atoms with E-state index in [0.717, 1.165) is 5.56 Å². The maximum absolute atomic E-state index is 13.8. The molecule has 4 rings (SSSR count). The zero-order valence-corrected chi connectivity index (χ0v) is 22.5. The third-order valence-corrected chi connectivity index (χ3v) is 8.94. The fraction of sp³-hybridized carbons (Fsp3) is 0.500. The van der Waals surface area contributed by atoms with E-state index in [9.17, 15) is 35.8 Å². The molecule has 2 nitrogen and oxygen atoms in total. The van der Waals surface area contributed by atoms with Crippen molar-refractivity contribution in [3.63, 3.8) is 0 Å². The minimum absolute atomic E-state index is 0.0771. The van der Waals surface area contributed by atoms with E-state index in [4.69, 9.17) is 23.4 Å². The number of hydrogen-bond donors (Lipinski definition) is 1. The predicted molar refractivity (Wildman–Crippen MR) is 140 cm³/mol. The summed E-state index contributed by atoms with van der Waals surface area (Å²) in [6.07, 6.45) is -2.11. The van der Waals surface area contributed by atoms with Gasteiger partial charge in [-0.1, -0.05) is 37.2 Å². The maximum atomic E-state index is 13.8. The van der Waals surface area contributed by atoms with Crippen LogP contribution in [0.2, 0.25) is 0 Å². The fourth-order valence-corrected chi connectivity index (χ4v) is 6.75. The lowest BCUT2D eigenvalue weighted by molar-refractivity contribution is -0.143. The fourth-order valence-electron chi connectivity index (χ4n) is 6.34. The molecular formula is C30H29F7O2S. The minimum Gasteiger partial charge on any atom is -0.373 e. The molecular weight excluding hydrogens is 557 g/mol. The molecule has 6 atom stereocenters. The summed E-state index contributed by atoms with van der Waals surface area (Å²) in [5.74, 6) is 1.41. The molecule has 0 amide bonds. The normalized spacial score (nSPS) is 29.4. The molecule has 2 aliphatic carbocycles. The molecule has 2 saturated carbocycles. The van der Waals surface area contributed by atoms with Gasteiger partial charge in [0.15, 0.2) is 5.60 Å². The molecule has 1 unspecified atom stereocenters. The van der Waals surface area contributed by atoms with Gasteiger partial charge in [0.25, 0.3) is 0 Å². The summed E-state index contributed by atoms with van der Waals surface area (Å²) in [6.45, 7) is 1.49. The summed E-state index contributed by atoms with van der Waals surface area (Å²) < 4.78 is 99.9. The lowest BCUT2D eigenvalue weighted by Gasteiger charge is -2.43. The van der Waals surface area contributed by atoms with Gasteiger partial charge >= 0.3 is 12.4 Å². The standard InChI is InChI=1S/C30H29F7O2S/c1-3-18-13-20(15-28(38,4-2)27(18)40)24-9-10-25(26(24)19-5-7-23(31)8-6-19)39-16-17-11-21(29(32,33)34)14-22(12-17)30(35,36)37/h2,5-8,11-12,14,18,20,24-26,38H,3,9-10,13,15-16H2,1H3/t18?,20-,24+,25+,26+,28-/m1/s1. The first-order valence-electron chi connectivity index (χ1n) is 13.1. The van der Waals surface area contributed by atoms with Crippen molar-refractivity contribution in [2.75, 3.05) is 0 Å². The van der Waals surface area contributed by atoms with E-state index in [0.29, 0.717) is 42.7 Å². The van der Waals surface area contributed by atoms with Gasteiger partial charge in [-0.15, -0.1) is 6.42 Å². The van der Waals surface area contributed by atoms with Crippen molar-refractivity contribution in [1.82, 2.24) is 0 Å². The van der Waals surface area contributed by atoms with Crippen molar-refractivity contribution >= 4 is 17.1 Å². The lowest BCUT2D eigenvalue weighted by Crippen LogP contribution is -2.48. The van der Waals surface area contributed by atoms with E-state index >= 15 is 0 Å². The van der Waals surface area contributed by atoms with Crippen LogP contribution in [0.15, 0.2) is 42.5 Å². The SMILES string of the molecule is C#C[C@@]1(O)C[C@H]([C@@H]2CC[C@H](OCc3cc(C(F)(F)F)cc(C(F)(F)F)c3)[C@H]2c2ccc(F)cc2)CC(CC)C1=S. The first-order chi connectivity index (χ1) is 18.7. The number of rotatable bonds is 6. The second kappa shape index (κ2) is 11.4. The van der Waals surface area contributed by atoms with Gasteiger partial charge in [0, 0.05) is 10.8 Å². The highest BCUT2D eigenvalue weighted by Crippen LogP contribution is 2.51. The zero-order chi connectivity index (χ0) is 29.5. The van der Waals surface area contributed by atoms with Crippen molar-refractivity contribution in [3.05, 3.63) is 70.5 Å². The van der Waals surface area contributed by atoms with Crippen LogP contribution < -0.4 is 0 Å². The van der Waals surface area contributed by atoms with Gasteiger partial charge in [0.2, 0.25) is 0 Å². The van der Waals surface area contributed by atoms with Crippen molar-refractivity contribution in [2.45, 2.75) is 75.6 Å². The van der Waals surface area contributed by atoms with Gasteiger partial charge in [-0.2, -0.15) is 26.3 Å². The molecule has 40 heavy (non-hydrogen) atoms. The Hall–Kier alpha value is -2.48. The van der Waals surface area contributed by atoms with Crippen LogP contribution in [0, 0.1) is 35.9 Å². The molecule has 0 radical (unpaired) electrons. The number of alkyl halides is 6. The van der Waals surface area contributed by atoms with Crippen molar-refractivity contribution in [2.24, 2.45) is 17.8 Å². The number of ether oxygens (including phenoxy) is 1. The molecule has 0 aliphatic heterocycles. The summed E-state index contributed by atoms with van der Waals surface area (Å²) in [5.41, 5.74) is -3.88. The number of hydrogen-bond acceptors (Lipinski definition) is 3. The van der Waals surface area contributed by atoms with Crippen molar-refractivity contribution < 1.29 is 40.6 Å². The van der Waals surface area contributed by atoms with Gasteiger partial charge in [0.05, 0.1) is 23.8 Å². The summed E-state index contributed by atoms with van der Waals surface area (Å²) in [7, 11) is 0. The Morgan fingerprint density at radius 2 is 1.62 bits per heavy atom. The molecule has 2 aromatic carbocycles. The molecule has 0 bridgehead atoms. The molecule has 0 saturated heterocycles. The Balaban J connectivity index is 1.64. The second-order valence-electron chi connectivity index (χ2n) is 10.8. The van der Waals surface area contributed by atoms with Crippen LogP contribution in [-0.4, -0.2) is 21.7 Å². The molecule has 2 fully saturated rings. The maximum Gasteiger partial charge on any atom is 0.416 e. The van der Waals surface area contributed by atoms with Crippen molar-refractivity contribution in [1.29, 1.82) is 0 Å². The monoisotopic (exact) mass is 586 g/mol. The number of terminal acetylenes is 1. The summed E-state index contributed by atoms with van der Waals surface area (Å²) in [6, 6.07) is 7.23. The molecule has 2 aliphatic rings. The van der Waals surface area contributed by atoms with Crippen LogP contribution in [-0.2, 0) is 23.7 Å². The Morgan fingerprint density at radius 1 is 1.02 bits per heavy atom. The summed E-state index contributed by atoms with van der Waals surface area (Å²) in [5, 5.41) is 11.1.